The lowest BCUT2D eigenvalue weighted by molar-refractivity contribution is 0.0966. The van der Waals surface area contributed by atoms with E-state index in [2.05, 4.69) is 29.1 Å². The number of aryl methyl sites for hydroxylation is 1. The van der Waals surface area contributed by atoms with Crippen LogP contribution in [0, 0.1) is 6.92 Å². The highest BCUT2D eigenvalue weighted by atomic mass is 16.2. The number of amides is 1. The van der Waals surface area contributed by atoms with Crippen molar-refractivity contribution < 1.29 is 4.79 Å². The number of carbonyl (C=O) groups excluding carboxylic acids is 1. The van der Waals surface area contributed by atoms with Gasteiger partial charge in [-0.05, 0) is 37.5 Å². The molecule has 0 saturated carbocycles. The zero-order valence-electron chi connectivity index (χ0n) is 14.3. The van der Waals surface area contributed by atoms with Crippen molar-refractivity contribution in [2.45, 2.75) is 32.4 Å². The minimum absolute atomic E-state index is 0.0219. The van der Waals surface area contributed by atoms with E-state index in [0.29, 0.717) is 11.5 Å². The van der Waals surface area contributed by atoms with Crippen LogP contribution in [0.1, 0.15) is 40.9 Å². The number of hydrogen-bond acceptors (Lipinski definition) is 3. The smallest absolute Gasteiger partial charge is 0.261 e. The minimum atomic E-state index is -0.0219. The summed E-state index contributed by atoms with van der Waals surface area (Å²) in [6.45, 7) is 4.03. The molecule has 0 fully saturated rings. The lowest BCUT2D eigenvalue weighted by atomic mass is 9.96. The Morgan fingerprint density at radius 3 is 2.56 bits per heavy atom. The highest BCUT2D eigenvalue weighted by Crippen LogP contribution is 2.35. The van der Waals surface area contributed by atoms with E-state index < -0.39 is 0 Å². The second-order valence-corrected chi connectivity index (χ2v) is 6.51. The summed E-state index contributed by atoms with van der Waals surface area (Å²) < 4.78 is 1.87. The van der Waals surface area contributed by atoms with E-state index in [1.165, 1.54) is 11.9 Å². The molecule has 3 aromatic rings. The molecule has 2 heterocycles. The molecular weight excluding hydrogens is 312 g/mol. The third-order valence-electron chi connectivity index (χ3n) is 4.85. The molecular formula is C20H20N4O. The predicted molar refractivity (Wildman–Crippen MR) is 96.7 cm³/mol. The summed E-state index contributed by atoms with van der Waals surface area (Å²) in [4.78, 5) is 19.3. The van der Waals surface area contributed by atoms with Gasteiger partial charge in [0.25, 0.3) is 5.91 Å². The molecule has 0 bridgehead atoms. The molecule has 0 saturated heterocycles. The fourth-order valence-electron chi connectivity index (χ4n) is 3.55. The number of aromatic nitrogens is 3. The van der Waals surface area contributed by atoms with Crippen molar-refractivity contribution in [1.29, 1.82) is 0 Å². The van der Waals surface area contributed by atoms with Crippen molar-refractivity contribution in [1.82, 2.24) is 14.8 Å². The fourth-order valence-corrected chi connectivity index (χ4v) is 3.55. The largest absolute Gasteiger partial charge is 0.274 e. The van der Waals surface area contributed by atoms with Crippen molar-refractivity contribution in [3.63, 3.8) is 0 Å². The molecule has 1 aliphatic rings. The van der Waals surface area contributed by atoms with E-state index >= 15 is 0 Å². The molecule has 0 unspecified atom stereocenters. The minimum Gasteiger partial charge on any atom is -0.274 e. The van der Waals surface area contributed by atoms with E-state index in [0.717, 1.165) is 12.0 Å². The van der Waals surface area contributed by atoms with Crippen LogP contribution in [0.3, 0.4) is 0 Å². The molecule has 126 valence electrons. The lowest BCUT2D eigenvalue weighted by Gasteiger charge is -2.37. The van der Waals surface area contributed by atoms with Crippen molar-refractivity contribution in [2.75, 3.05) is 4.90 Å². The maximum Gasteiger partial charge on any atom is 0.261 e. The number of benzene rings is 2. The molecule has 1 amide bonds. The van der Waals surface area contributed by atoms with E-state index in [9.17, 15) is 4.79 Å². The topological polar surface area (TPSA) is 51.0 Å². The third kappa shape index (κ3) is 2.61. The summed E-state index contributed by atoms with van der Waals surface area (Å²) >= 11 is 0. The van der Waals surface area contributed by atoms with Gasteiger partial charge in [0.2, 0.25) is 5.95 Å². The standard InChI is InChI=1S/C20H20N4O/c1-14-8-6-7-11-17(14)19(25)23-15(2)12-18(16-9-4-3-5-10-16)24-20(23)21-13-22-24/h3-11,13,15,18H,12H2,1-2H3/t15-,18-/m1/s1. The molecule has 2 atom stereocenters. The Bertz CT molecular complexity index is 903. The first-order valence-electron chi connectivity index (χ1n) is 8.50. The molecule has 0 spiro atoms. The van der Waals surface area contributed by atoms with Crippen LogP contribution in [0.25, 0.3) is 0 Å². The van der Waals surface area contributed by atoms with Crippen LogP contribution in [0.4, 0.5) is 5.95 Å². The number of anilines is 1. The van der Waals surface area contributed by atoms with Crippen molar-refractivity contribution in [2.24, 2.45) is 0 Å². The summed E-state index contributed by atoms with van der Waals surface area (Å²) in [5.74, 6) is 0.590. The molecule has 2 aromatic carbocycles. The zero-order chi connectivity index (χ0) is 17.4. The second kappa shape index (κ2) is 6.16. The van der Waals surface area contributed by atoms with Gasteiger partial charge in [0.15, 0.2) is 0 Å². The normalized spacial score (nSPS) is 19.5. The van der Waals surface area contributed by atoms with Crippen molar-refractivity contribution >= 4 is 11.9 Å². The molecule has 4 rings (SSSR count). The summed E-state index contributed by atoms with van der Waals surface area (Å²) in [5, 5.41) is 4.41. The summed E-state index contributed by atoms with van der Waals surface area (Å²) in [6.07, 6.45) is 2.33. The molecule has 0 aliphatic carbocycles. The first kappa shape index (κ1) is 15.6. The molecule has 0 radical (unpaired) electrons. The van der Waals surface area contributed by atoms with E-state index in [4.69, 9.17) is 0 Å². The quantitative estimate of drug-likeness (QED) is 0.720. The molecule has 5 nitrogen and oxygen atoms in total. The maximum atomic E-state index is 13.2. The van der Waals surface area contributed by atoms with Crippen LogP contribution in [0.5, 0.6) is 0 Å². The van der Waals surface area contributed by atoms with Crippen LogP contribution in [-0.4, -0.2) is 26.7 Å². The Kier molecular flexibility index (Phi) is 3.84. The molecule has 0 N–H and O–H groups in total. The van der Waals surface area contributed by atoms with Gasteiger partial charge in [-0.1, -0.05) is 48.5 Å². The van der Waals surface area contributed by atoms with Gasteiger partial charge in [-0.15, -0.1) is 0 Å². The average Bonchev–Trinajstić information content (AvgIpc) is 3.11. The third-order valence-corrected chi connectivity index (χ3v) is 4.85. The van der Waals surface area contributed by atoms with E-state index in [1.807, 2.05) is 54.1 Å². The monoisotopic (exact) mass is 332 g/mol. The number of nitrogens with zero attached hydrogens (tertiary/aromatic N) is 4. The Balaban J connectivity index is 1.76. The molecule has 25 heavy (non-hydrogen) atoms. The van der Waals surface area contributed by atoms with E-state index in [1.54, 1.807) is 4.90 Å². The SMILES string of the molecule is Cc1ccccc1C(=O)N1c2ncnn2[C@@H](c2ccccc2)C[C@H]1C. The molecule has 1 aromatic heterocycles. The van der Waals surface area contributed by atoms with Crippen LogP contribution < -0.4 is 4.90 Å². The van der Waals surface area contributed by atoms with Crippen molar-refractivity contribution in [3.8, 4) is 0 Å². The van der Waals surface area contributed by atoms with Crippen LogP contribution in [0.2, 0.25) is 0 Å². The number of hydrogen-bond donors (Lipinski definition) is 0. The van der Waals surface area contributed by atoms with Crippen LogP contribution in [0.15, 0.2) is 60.9 Å². The van der Waals surface area contributed by atoms with Crippen molar-refractivity contribution in [3.05, 3.63) is 77.6 Å². The van der Waals surface area contributed by atoms with E-state index in [-0.39, 0.29) is 18.0 Å². The highest BCUT2D eigenvalue weighted by Gasteiger charge is 2.36. The Labute approximate surface area is 146 Å². The van der Waals surface area contributed by atoms with Gasteiger partial charge in [0.1, 0.15) is 6.33 Å². The molecule has 5 heteroatoms. The van der Waals surface area contributed by atoms with Gasteiger partial charge in [-0.3, -0.25) is 9.69 Å². The maximum absolute atomic E-state index is 13.2. The summed E-state index contributed by atoms with van der Waals surface area (Å²) in [6, 6.07) is 18.1. The zero-order valence-corrected chi connectivity index (χ0v) is 14.3. The predicted octanol–water partition coefficient (Wildman–Crippen LogP) is 3.61. The lowest BCUT2D eigenvalue weighted by Crippen LogP contribution is -2.46. The van der Waals surface area contributed by atoms with Gasteiger partial charge in [0, 0.05) is 11.6 Å². The van der Waals surface area contributed by atoms with Crippen LogP contribution >= 0.6 is 0 Å². The fraction of sp³-hybridized carbons (Fsp3) is 0.250. The van der Waals surface area contributed by atoms with Gasteiger partial charge < -0.3 is 0 Å². The first-order chi connectivity index (χ1) is 12.2. The van der Waals surface area contributed by atoms with Gasteiger partial charge in [0.05, 0.1) is 6.04 Å². The van der Waals surface area contributed by atoms with Gasteiger partial charge in [-0.2, -0.15) is 10.1 Å². The van der Waals surface area contributed by atoms with Gasteiger partial charge in [-0.25, -0.2) is 4.68 Å². The molecule has 1 aliphatic heterocycles. The first-order valence-corrected chi connectivity index (χ1v) is 8.50. The Morgan fingerprint density at radius 2 is 1.80 bits per heavy atom. The average molecular weight is 332 g/mol. The summed E-state index contributed by atoms with van der Waals surface area (Å²) in [7, 11) is 0. The number of carbonyl (C=O) groups is 1. The van der Waals surface area contributed by atoms with Gasteiger partial charge >= 0.3 is 0 Å². The highest BCUT2D eigenvalue weighted by molar-refractivity contribution is 6.06. The Morgan fingerprint density at radius 1 is 1.08 bits per heavy atom. The second-order valence-electron chi connectivity index (χ2n) is 6.51. The number of rotatable bonds is 2. The summed E-state index contributed by atoms with van der Waals surface area (Å²) in [5.41, 5.74) is 2.86. The number of fused-ring (bicyclic) bond motifs is 1. The Hall–Kier alpha value is -2.95. The van der Waals surface area contributed by atoms with Crippen LogP contribution in [-0.2, 0) is 0 Å².